The van der Waals surface area contributed by atoms with E-state index < -0.39 is 0 Å². The summed E-state index contributed by atoms with van der Waals surface area (Å²) >= 11 is 0. The van der Waals surface area contributed by atoms with Gasteiger partial charge in [0.15, 0.2) is 5.69 Å². The van der Waals surface area contributed by atoms with Gasteiger partial charge < -0.3 is 14.3 Å². The SMILES string of the molecule is Cc1cc(C(=O)N2CCN(C(=O)C3CC3c3ccc(F)cc3)CC2)no1. The molecule has 1 aliphatic heterocycles. The molecule has 1 aliphatic carbocycles. The molecule has 0 spiro atoms. The summed E-state index contributed by atoms with van der Waals surface area (Å²) in [4.78, 5) is 28.6. The fraction of sp³-hybridized carbons (Fsp3) is 0.421. The molecule has 2 atom stereocenters. The fourth-order valence-corrected chi connectivity index (χ4v) is 3.54. The summed E-state index contributed by atoms with van der Waals surface area (Å²) in [7, 11) is 0. The average Bonchev–Trinajstić information content (AvgIpc) is 3.34. The molecule has 4 rings (SSSR count). The van der Waals surface area contributed by atoms with E-state index in [1.165, 1.54) is 12.1 Å². The highest BCUT2D eigenvalue weighted by Gasteiger charge is 2.46. The van der Waals surface area contributed by atoms with Gasteiger partial charge in [0.25, 0.3) is 5.91 Å². The highest BCUT2D eigenvalue weighted by molar-refractivity contribution is 5.92. The van der Waals surface area contributed by atoms with Crippen molar-refractivity contribution < 1.29 is 18.5 Å². The van der Waals surface area contributed by atoms with E-state index in [1.54, 1.807) is 30.0 Å². The Bertz CT molecular complexity index is 825. The monoisotopic (exact) mass is 357 g/mol. The van der Waals surface area contributed by atoms with Gasteiger partial charge >= 0.3 is 0 Å². The Hall–Kier alpha value is -2.70. The maximum Gasteiger partial charge on any atom is 0.276 e. The predicted molar refractivity (Wildman–Crippen MR) is 91.0 cm³/mol. The van der Waals surface area contributed by atoms with Crippen molar-refractivity contribution in [3.8, 4) is 0 Å². The molecule has 2 aliphatic rings. The lowest BCUT2D eigenvalue weighted by Gasteiger charge is -2.34. The molecule has 2 heterocycles. The van der Waals surface area contributed by atoms with Gasteiger partial charge in [-0.25, -0.2) is 4.39 Å². The first kappa shape index (κ1) is 16.8. The Labute approximate surface area is 150 Å². The molecular weight excluding hydrogens is 337 g/mol. The number of amides is 2. The third-order valence-corrected chi connectivity index (χ3v) is 5.13. The van der Waals surface area contributed by atoms with Crippen LogP contribution >= 0.6 is 0 Å². The van der Waals surface area contributed by atoms with E-state index in [0.29, 0.717) is 37.6 Å². The first-order chi connectivity index (χ1) is 12.5. The number of carbonyl (C=O) groups excluding carboxylic acids is 2. The smallest absolute Gasteiger partial charge is 0.276 e. The Kier molecular flexibility index (Phi) is 4.22. The lowest BCUT2D eigenvalue weighted by molar-refractivity contribution is -0.134. The molecule has 1 saturated heterocycles. The van der Waals surface area contributed by atoms with Crippen LogP contribution in [0.2, 0.25) is 0 Å². The van der Waals surface area contributed by atoms with E-state index in [0.717, 1.165) is 12.0 Å². The number of aryl methyl sites for hydroxylation is 1. The van der Waals surface area contributed by atoms with Crippen LogP contribution in [-0.4, -0.2) is 52.9 Å². The van der Waals surface area contributed by atoms with Crippen LogP contribution in [0.3, 0.4) is 0 Å². The van der Waals surface area contributed by atoms with E-state index in [9.17, 15) is 14.0 Å². The van der Waals surface area contributed by atoms with Crippen molar-refractivity contribution in [3.05, 3.63) is 53.2 Å². The zero-order valence-corrected chi connectivity index (χ0v) is 14.5. The van der Waals surface area contributed by atoms with Gasteiger partial charge in [0.2, 0.25) is 5.91 Å². The van der Waals surface area contributed by atoms with Gasteiger partial charge in [0, 0.05) is 38.2 Å². The minimum atomic E-state index is -0.264. The van der Waals surface area contributed by atoms with E-state index in [4.69, 9.17) is 4.52 Å². The number of benzene rings is 1. The molecule has 2 fully saturated rings. The van der Waals surface area contributed by atoms with Crippen LogP contribution in [0.15, 0.2) is 34.9 Å². The minimum Gasteiger partial charge on any atom is -0.361 e. The summed E-state index contributed by atoms with van der Waals surface area (Å²) in [6, 6.07) is 8.00. The number of hydrogen-bond donors (Lipinski definition) is 0. The largest absolute Gasteiger partial charge is 0.361 e. The number of hydrogen-bond acceptors (Lipinski definition) is 4. The van der Waals surface area contributed by atoms with Crippen LogP contribution in [0, 0.1) is 18.7 Å². The predicted octanol–water partition coefficient (Wildman–Crippen LogP) is 2.21. The fourth-order valence-electron chi connectivity index (χ4n) is 3.54. The Morgan fingerprint density at radius 3 is 2.38 bits per heavy atom. The standard InChI is InChI=1S/C19H20FN3O3/c1-12-10-17(21-26-12)19(25)23-8-6-22(7-9-23)18(24)16-11-15(16)13-2-4-14(20)5-3-13/h2-5,10,15-16H,6-9,11H2,1H3. The van der Waals surface area contributed by atoms with Crippen LogP contribution in [0.4, 0.5) is 4.39 Å². The molecular formula is C19H20FN3O3. The molecule has 1 saturated carbocycles. The lowest BCUT2D eigenvalue weighted by atomic mass is 10.1. The lowest BCUT2D eigenvalue weighted by Crippen LogP contribution is -2.51. The third-order valence-electron chi connectivity index (χ3n) is 5.13. The van der Waals surface area contributed by atoms with Crippen LogP contribution in [0.1, 0.15) is 34.2 Å². The summed E-state index contributed by atoms with van der Waals surface area (Å²) < 4.78 is 18.0. The molecule has 1 aromatic heterocycles. The number of rotatable bonds is 3. The number of piperazine rings is 1. The van der Waals surface area contributed by atoms with Gasteiger partial charge in [0.05, 0.1) is 0 Å². The number of aromatic nitrogens is 1. The van der Waals surface area contributed by atoms with Crippen molar-refractivity contribution in [2.45, 2.75) is 19.3 Å². The summed E-state index contributed by atoms with van der Waals surface area (Å²) in [6.45, 7) is 3.77. The highest BCUT2D eigenvalue weighted by Crippen LogP contribution is 2.48. The van der Waals surface area contributed by atoms with Crippen molar-refractivity contribution >= 4 is 11.8 Å². The topological polar surface area (TPSA) is 66.7 Å². The first-order valence-corrected chi connectivity index (χ1v) is 8.80. The van der Waals surface area contributed by atoms with E-state index in [1.807, 2.05) is 4.90 Å². The van der Waals surface area contributed by atoms with Crippen molar-refractivity contribution in [1.82, 2.24) is 15.0 Å². The Morgan fingerprint density at radius 2 is 1.77 bits per heavy atom. The summed E-state index contributed by atoms with van der Waals surface area (Å²) in [6.07, 6.45) is 0.807. The maximum absolute atomic E-state index is 13.0. The van der Waals surface area contributed by atoms with Gasteiger partial charge in [-0.05, 0) is 37.0 Å². The van der Waals surface area contributed by atoms with Crippen molar-refractivity contribution in [1.29, 1.82) is 0 Å². The molecule has 1 aromatic carbocycles. The quantitative estimate of drug-likeness (QED) is 0.845. The molecule has 0 radical (unpaired) electrons. The van der Waals surface area contributed by atoms with E-state index in [2.05, 4.69) is 5.16 Å². The number of nitrogens with zero attached hydrogens (tertiary/aromatic N) is 3. The Morgan fingerprint density at radius 1 is 1.12 bits per heavy atom. The van der Waals surface area contributed by atoms with Crippen LogP contribution in [0.5, 0.6) is 0 Å². The van der Waals surface area contributed by atoms with E-state index in [-0.39, 0.29) is 29.5 Å². The second-order valence-electron chi connectivity index (χ2n) is 6.94. The first-order valence-electron chi connectivity index (χ1n) is 8.80. The molecule has 2 aromatic rings. The van der Waals surface area contributed by atoms with Gasteiger partial charge in [0.1, 0.15) is 11.6 Å². The normalized spacial score (nSPS) is 22.4. The van der Waals surface area contributed by atoms with Crippen molar-refractivity contribution in [3.63, 3.8) is 0 Å². The van der Waals surface area contributed by atoms with Gasteiger partial charge in [-0.1, -0.05) is 17.3 Å². The van der Waals surface area contributed by atoms with E-state index >= 15 is 0 Å². The Balaban J connectivity index is 1.31. The summed E-state index contributed by atoms with van der Waals surface area (Å²) in [5, 5.41) is 3.76. The molecule has 6 nitrogen and oxygen atoms in total. The van der Waals surface area contributed by atoms with Crippen LogP contribution < -0.4 is 0 Å². The maximum atomic E-state index is 13.0. The second-order valence-corrected chi connectivity index (χ2v) is 6.94. The summed E-state index contributed by atoms with van der Waals surface area (Å²) in [5.74, 6) is 0.457. The van der Waals surface area contributed by atoms with Gasteiger partial charge in [-0.15, -0.1) is 0 Å². The zero-order chi connectivity index (χ0) is 18.3. The molecule has 2 amide bonds. The summed E-state index contributed by atoms with van der Waals surface area (Å²) in [5.41, 5.74) is 1.32. The highest BCUT2D eigenvalue weighted by atomic mass is 19.1. The van der Waals surface area contributed by atoms with Gasteiger partial charge in [-0.3, -0.25) is 9.59 Å². The average molecular weight is 357 g/mol. The molecule has 7 heteroatoms. The number of halogens is 1. The van der Waals surface area contributed by atoms with Crippen LogP contribution in [-0.2, 0) is 4.79 Å². The molecule has 136 valence electrons. The zero-order valence-electron chi connectivity index (χ0n) is 14.5. The minimum absolute atomic E-state index is 0.0269. The molecule has 2 unspecified atom stereocenters. The molecule has 26 heavy (non-hydrogen) atoms. The molecule has 0 bridgehead atoms. The van der Waals surface area contributed by atoms with Gasteiger partial charge in [-0.2, -0.15) is 0 Å². The second kappa shape index (κ2) is 6.55. The third kappa shape index (κ3) is 3.21. The molecule has 0 N–H and O–H groups in total. The van der Waals surface area contributed by atoms with Crippen molar-refractivity contribution in [2.24, 2.45) is 5.92 Å². The van der Waals surface area contributed by atoms with Crippen molar-refractivity contribution in [2.75, 3.05) is 26.2 Å². The van der Waals surface area contributed by atoms with Crippen LogP contribution in [0.25, 0.3) is 0 Å². The number of carbonyl (C=O) groups is 2.